The molecule has 1 saturated heterocycles. The Balaban J connectivity index is 1.97. The maximum atomic E-state index is 13.9. The van der Waals surface area contributed by atoms with Crippen molar-refractivity contribution in [3.63, 3.8) is 0 Å². The number of nitrogens with zero attached hydrogens (tertiary/aromatic N) is 1. The smallest absolute Gasteiger partial charge is 0.131 e. The molecular weight excluding hydrogens is 255 g/mol. The fourth-order valence-electron chi connectivity index (χ4n) is 2.86. The highest BCUT2D eigenvalue weighted by Gasteiger charge is 2.21. The predicted octanol–water partition coefficient (Wildman–Crippen LogP) is 2.97. The Hall–Kier alpha value is -1.13. The first-order valence-electron chi connectivity index (χ1n) is 7.42. The second-order valence-electron chi connectivity index (χ2n) is 5.58. The van der Waals surface area contributed by atoms with E-state index in [4.69, 9.17) is 4.74 Å². The molecule has 1 aromatic rings. The minimum atomic E-state index is -0.206. The number of rotatable bonds is 6. The van der Waals surface area contributed by atoms with Crippen LogP contribution in [0, 0.1) is 5.82 Å². The molecule has 2 rings (SSSR count). The van der Waals surface area contributed by atoms with Crippen LogP contribution in [0.15, 0.2) is 18.2 Å². The molecular formula is C16H25FN2O. The highest BCUT2D eigenvalue weighted by atomic mass is 19.1. The molecule has 3 nitrogen and oxygen atoms in total. The zero-order valence-electron chi connectivity index (χ0n) is 12.7. The molecule has 0 aromatic heterocycles. The summed E-state index contributed by atoms with van der Waals surface area (Å²) in [7, 11) is 3.99. The van der Waals surface area contributed by atoms with Gasteiger partial charge in [0.15, 0.2) is 0 Å². The van der Waals surface area contributed by atoms with Gasteiger partial charge in [-0.05, 0) is 59.0 Å². The van der Waals surface area contributed by atoms with Crippen LogP contribution in [0.3, 0.4) is 0 Å². The molecule has 20 heavy (non-hydrogen) atoms. The lowest BCUT2D eigenvalue weighted by Crippen LogP contribution is -2.26. The van der Waals surface area contributed by atoms with Crippen molar-refractivity contribution in [1.29, 1.82) is 0 Å². The zero-order valence-corrected chi connectivity index (χ0v) is 12.7. The lowest BCUT2D eigenvalue weighted by Gasteiger charge is -2.21. The van der Waals surface area contributed by atoms with Crippen LogP contribution in [0.1, 0.15) is 37.8 Å². The van der Waals surface area contributed by atoms with Crippen molar-refractivity contribution in [2.75, 3.05) is 27.2 Å². The minimum Gasteiger partial charge on any atom is -0.493 e. The number of hydrogen-bond acceptors (Lipinski definition) is 3. The van der Waals surface area contributed by atoms with Crippen LogP contribution in [0.4, 0.5) is 4.39 Å². The Morgan fingerprint density at radius 1 is 1.50 bits per heavy atom. The zero-order chi connectivity index (χ0) is 14.5. The average Bonchev–Trinajstić information content (AvgIpc) is 2.84. The first-order chi connectivity index (χ1) is 9.63. The summed E-state index contributed by atoms with van der Waals surface area (Å²) in [4.78, 5) is 2.38. The molecule has 2 unspecified atom stereocenters. The van der Waals surface area contributed by atoms with Crippen LogP contribution in [0.5, 0.6) is 5.75 Å². The molecule has 1 aromatic carbocycles. The minimum absolute atomic E-state index is 0.0552. The van der Waals surface area contributed by atoms with E-state index in [0.29, 0.717) is 24.0 Å². The molecule has 1 aliphatic rings. The summed E-state index contributed by atoms with van der Waals surface area (Å²) in [5.74, 6) is 0.454. The van der Waals surface area contributed by atoms with Crippen LogP contribution in [-0.4, -0.2) is 38.2 Å². The highest BCUT2D eigenvalue weighted by molar-refractivity contribution is 5.36. The van der Waals surface area contributed by atoms with E-state index in [1.54, 1.807) is 6.07 Å². The Morgan fingerprint density at radius 3 is 2.95 bits per heavy atom. The van der Waals surface area contributed by atoms with Gasteiger partial charge in [-0.15, -0.1) is 0 Å². The van der Waals surface area contributed by atoms with Gasteiger partial charge >= 0.3 is 0 Å². The third-order valence-electron chi connectivity index (χ3n) is 4.26. The average molecular weight is 280 g/mol. The summed E-state index contributed by atoms with van der Waals surface area (Å²) in [6.45, 7) is 3.75. The monoisotopic (exact) mass is 280 g/mol. The van der Waals surface area contributed by atoms with E-state index < -0.39 is 0 Å². The number of ether oxygens (including phenoxy) is 1. The lowest BCUT2D eigenvalue weighted by molar-refractivity contribution is 0.230. The molecule has 0 amide bonds. The summed E-state index contributed by atoms with van der Waals surface area (Å²) in [5.41, 5.74) is 0.620. The lowest BCUT2D eigenvalue weighted by atomic mass is 10.1. The van der Waals surface area contributed by atoms with Gasteiger partial charge in [0.2, 0.25) is 0 Å². The van der Waals surface area contributed by atoms with Gasteiger partial charge in [-0.25, -0.2) is 4.39 Å². The quantitative estimate of drug-likeness (QED) is 0.867. The summed E-state index contributed by atoms with van der Waals surface area (Å²) >= 11 is 0. The second kappa shape index (κ2) is 7.04. The predicted molar refractivity (Wildman–Crippen MR) is 79.6 cm³/mol. The Morgan fingerprint density at radius 2 is 2.30 bits per heavy atom. The van der Waals surface area contributed by atoms with Gasteiger partial charge in [0, 0.05) is 17.6 Å². The number of hydrogen-bond donors (Lipinski definition) is 1. The first-order valence-corrected chi connectivity index (χ1v) is 7.42. The Kier molecular flexibility index (Phi) is 5.38. The number of halogens is 1. The van der Waals surface area contributed by atoms with Crippen LogP contribution >= 0.6 is 0 Å². The summed E-state index contributed by atoms with van der Waals surface area (Å²) in [6.07, 6.45) is 3.51. The largest absolute Gasteiger partial charge is 0.493 e. The van der Waals surface area contributed by atoms with Crippen LogP contribution < -0.4 is 10.1 Å². The van der Waals surface area contributed by atoms with Crippen molar-refractivity contribution in [3.8, 4) is 5.75 Å². The third-order valence-corrected chi connectivity index (χ3v) is 4.26. The summed E-state index contributed by atoms with van der Waals surface area (Å²) < 4.78 is 19.8. The van der Waals surface area contributed by atoms with Crippen LogP contribution in [0.25, 0.3) is 0 Å². The van der Waals surface area contributed by atoms with Gasteiger partial charge in [-0.2, -0.15) is 0 Å². The van der Waals surface area contributed by atoms with Gasteiger partial charge in [-0.3, -0.25) is 0 Å². The van der Waals surface area contributed by atoms with Crippen molar-refractivity contribution in [2.45, 2.75) is 38.3 Å². The van der Waals surface area contributed by atoms with E-state index in [9.17, 15) is 4.39 Å². The van der Waals surface area contributed by atoms with Crippen molar-refractivity contribution < 1.29 is 9.13 Å². The Bertz CT molecular complexity index is 438. The van der Waals surface area contributed by atoms with Crippen molar-refractivity contribution >= 4 is 0 Å². The van der Waals surface area contributed by atoms with Crippen LogP contribution in [-0.2, 0) is 0 Å². The molecule has 0 saturated carbocycles. The van der Waals surface area contributed by atoms with E-state index >= 15 is 0 Å². The van der Waals surface area contributed by atoms with E-state index in [1.165, 1.54) is 25.5 Å². The maximum absolute atomic E-state index is 13.9. The van der Waals surface area contributed by atoms with Gasteiger partial charge in [0.1, 0.15) is 11.6 Å². The summed E-state index contributed by atoms with van der Waals surface area (Å²) in [6, 6.07) is 5.60. The molecule has 0 bridgehead atoms. The topological polar surface area (TPSA) is 24.5 Å². The second-order valence-corrected chi connectivity index (χ2v) is 5.58. The fraction of sp³-hybridized carbons (Fsp3) is 0.625. The normalized spacial score (nSPS) is 21.1. The van der Waals surface area contributed by atoms with Crippen molar-refractivity contribution in [3.05, 3.63) is 29.6 Å². The highest BCUT2D eigenvalue weighted by Crippen LogP contribution is 2.28. The number of likely N-dealkylation sites (tertiary alicyclic amines) is 1. The van der Waals surface area contributed by atoms with E-state index in [2.05, 4.69) is 17.3 Å². The van der Waals surface area contributed by atoms with E-state index in [1.807, 2.05) is 20.0 Å². The Labute approximate surface area is 121 Å². The number of nitrogens with one attached hydrogen (secondary N) is 1. The molecule has 1 N–H and O–H groups in total. The van der Waals surface area contributed by atoms with Crippen molar-refractivity contribution in [2.24, 2.45) is 0 Å². The van der Waals surface area contributed by atoms with Gasteiger partial charge in [-0.1, -0.05) is 6.07 Å². The molecule has 2 atom stereocenters. The van der Waals surface area contributed by atoms with Gasteiger partial charge < -0.3 is 15.0 Å². The van der Waals surface area contributed by atoms with Gasteiger partial charge in [0.25, 0.3) is 0 Å². The molecule has 0 spiro atoms. The van der Waals surface area contributed by atoms with Gasteiger partial charge in [0.05, 0.1) is 6.61 Å². The SMILES string of the molecule is CNC(C)c1c(F)cccc1OCCC1CCCN1C. The molecule has 0 radical (unpaired) electrons. The van der Waals surface area contributed by atoms with Crippen LogP contribution in [0.2, 0.25) is 0 Å². The molecule has 112 valence electrons. The van der Waals surface area contributed by atoms with E-state index in [0.717, 1.165) is 6.42 Å². The first kappa shape index (κ1) is 15.3. The van der Waals surface area contributed by atoms with Crippen molar-refractivity contribution in [1.82, 2.24) is 10.2 Å². The molecule has 0 aliphatic carbocycles. The molecule has 1 aliphatic heterocycles. The third kappa shape index (κ3) is 3.49. The van der Waals surface area contributed by atoms with E-state index in [-0.39, 0.29) is 11.9 Å². The fourth-order valence-corrected chi connectivity index (χ4v) is 2.86. The summed E-state index contributed by atoms with van der Waals surface area (Å²) in [5, 5.41) is 3.07. The molecule has 4 heteroatoms. The maximum Gasteiger partial charge on any atom is 0.131 e. The molecule has 1 fully saturated rings. The molecule has 1 heterocycles. The number of benzene rings is 1. The standard InChI is InChI=1S/C16H25FN2O/c1-12(18-2)16-14(17)7-4-8-15(16)20-11-9-13-6-5-10-19(13)3/h4,7-8,12-13,18H,5-6,9-11H2,1-3H3.